The molecule has 0 unspecified atom stereocenters. The molecule has 0 spiro atoms. The van der Waals surface area contributed by atoms with Gasteiger partial charge in [-0.25, -0.2) is 0 Å². The third-order valence-corrected chi connectivity index (χ3v) is 2.87. The van der Waals surface area contributed by atoms with E-state index in [1.807, 2.05) is 54.6 Å². The van der Waals surface area contributed by atoms with E-state index in [0.29, 0.717) is 0 Å². The van der Waals surface area contributed by atoms with E-state index in [4.69, 9.17) is 4.42 Å². The van der Waals surface area contributed by atoms with Gasteiger partial charge in [0.25, 0.3) is 0 Å². The van der Waals surface area contributed by atoms with E-state index in [-0.39, 0.29) is 0 Å². The standard InChI is InChI=1S/C18H12O/c1-2-6-15(7-3-1)10-11-16-8-4-5-9-18(16)17-12-13-19-14-17/h1-9,12-14H. The van der Waals surface area contributed by atoms with Crippen molar-refractivity contribution in [3.63, 3.8) is 0 Å². The van der Waals surface area contributed by atoms with E-state index in [0.717, 1.165) is 22.3 Å². The Bertz CT molecular complexity index is 713. The van der Waals surface area contributed by atoms with Crippen LogP contribution < -0.4 is 0 Å². The number of hydrogen-bond acceptors (Lipinski definition) is 1. The molecular weight excluding hydrogens is 232 g/mol. The van der Waals surface area contributed by atoms with Gasteiger partial charge in [-0.2, -0.15) is 0 Å². The minimum atomic E-state index is 1.01. The Balaban J connectivity index is 2.01. The van der Waals surface area contributed by atoms with Crippen LogP contribution >= 0.6 is 0 Å². The topological polar surface area (TPSA) is 13.1 Å². The zero-order chi connectivity index (χ0) is 12.9. The molecule has 19 heavy (non-hydrogen) atoms. The summed E-state index contributed by atoms with van der Waals surface area (Å²) in [4.78, 5) is 0. The van der Waals surface area contributed by atoms with Crippen LogP contribution in [0.15, 0.2) is 77.6 Å². The molecule has 0 bridgehead atoms. The van der Waals surface area contributed by atoms with Crippen molar-refractivity contribution < 1.29 is 4.42 Å². The fraction of sp³-hybridized carbons (Fsp3) is 0. The summed E-state index contributed by atoms with van der Waals surface area (Å²) in [5.41, 5.74) is 4.18. The normalized spacial score (nSPS) is 9.68. The molecule has 90 valence electrons. The van der Waals surface area contributed by atoms with Gasteiger partial charge in [0.1, 0.15) is 0 Å². The molecule has 1 aromatic heterocycles. The van der Waals surface area contributed by atoms with Crippen molar-refractivity contribution >= 4 is 0 Å². The molecule has 0 aliphatic rings. The largest absolute Gasteiger partial charge is 0.472 e. The molecule has 0 N–H and O–H groups in total. The van der Waals surface area contributed by atoms with E-state index < -0.39 is 0 Å². The van der Waals surface area contributed by atoms with Crippen LogP contribution in [0.2, 0.25) is 0 Å². The van der Waals surface area contributed by atoms with Crippen LogP contribution in [0.25, 0.3) is 11.1 Å². The highest BCUT2D eigenvalue weighted by Gasteiger charge is 2.02. The molecule has 0 radical (unpaired) electrons. The van der Waals surface area contributed by atoms with Crippen molar-refractivity contribution in [2.75, 3.05) is 0 Å². The van der Waals surface area contributed by atoms with E-state index >= 15 is 0 Å². The molecule has 2 aromatic carbocycles. The number of furan rings is 1. The highest BCUT2D eigenvalue weighted by Crippen LogP contribution is 2.23. The van der Waals surface area contributed by atoms with Crippen molar-refractivity contribution in [3.05, 3.63) is 84.3 Å². The Kier molecular flexibility index (Phi) is 3.16. The zero-order valence-electron chi connectivity index (χ0n) is 10.3. The van der Waals surface area contributed by atoms with Gasteiger partial charge in [0, 0.05) is 22.3 Å². The minimum absolute atomic E-state index is 1.01. The molecule has 0 aliphatic heterocycles. The van der Waals surface area contributed by atoms with Crippen LogP contribution in [-0.2, 0) is 0 Å². The molecule has 0 atom stereocenters. The summed E-state index contributed by atoms with van der Waals surface area (Å²) in [6.07, 6.45) is 3.42. The van der Waals surface area contributed by atoms with Crippen LogP contribution in [0.4, 0.5) is 0 Å². The van der Waals surface area contributed by atoms with Gasteiger partial charge < -0.3 is 4.42 Å². The lowest BCUT2D eigenvalue weighted by Gasteiger charge is -2.00. The van der Waals surface area contributed by atoms with Gasteiger partial charge in [-0.05, 0) is 24.3 Å². The SMILES string of the molecule is C(#Cc1ccccc1-c1ccoc1)c1ccccc1. The van der Waals surface area contributed by atoms with Crippen LogP contribution in [0.1, 0.15) is 11.1 Å². The molecule has 3 rings (SSSR count). The Labute approximate surface area is 112 Å². The highest BCUT2D eigenvalue weighted by molar-refractivity contribution is 5.70. The van der Waals surface area contributed by atoms with Gasteiger partial charge in [0.2, 0.25) is 0 Å². The van der Waals surface area contributed by atoms with E-state index in [2.05, 4.69) is 17.9 Å². The third kappa shape index (κ3) is 2.59. The lowest BCUT2D eigenvalue weighted by atomic mass is 10.0. The predicted octanol–water partition coefficient (Wildman–Crippen LogP) is 4.35. The first-order valence-electron chi connectivity index (χ1n) is 6.12. The average Bonchev–Trinajstić information content (AvgIpc) is 3.01. The maximum absolute atomic E-state index is 5.14. The Morgan fingerprint density at radius 3 is 2.32 bits per heavy atom. The molecule has 3 aromatic rings. The molecular formula is C18H12O. The molecule has 0 amide bonds. The fourth-order valence-corrected chi connectivity index (χ4v) is 1.92. The highest BCUT2D eigenvalue weighted by atomic mass is 16.3. The molecule has 0 saturated carbocycles. The fourth-order valence-electron chi connectivity index (χ4n) is 1.92. The predicted molar refractivity (Wildman–Crippen MR) is 76.6 cm³/mol. The summed E-state index contributed by atoms with van der Waals surface area (Å²) >= 11 is 0. The van der Waals surface area contributed by atoms with Gasteiger partial charge >= 0.3 is 0 Å². The molecule has 0 fully saturated rings. The second-order valence-corrected chi connectivity index (χ2v) is 4.17. The zero-order valence-corrected chi connectivity index (χ0v) is 10.3. The summed E-state index contributed by atoms with van der Waals surface area (Å²) in [5.74, 6) is 6.41. The second kappa shape index (κ2) is 5.29. The van der Waals surface area contributed by atoms with Gasteiger partial charge in [-0.3, -0.25) is 0 Å². The smallest absolute Gasteiger partial charge is 0.0981 e. The lowest BCUT2D eigenvalue weighted by Crippen LogP contribution is -1.82. The molecule has 1 nitrogen and oxygen atoms in total. The van der Waals surface area contributed by atoms with Crippen molar-refractivity contribution in [3.8, 4) is 23.0 Å². The van der Waals surface area contributed by atoms with Crippen molar-refractivity contribution in [2.24, 2.45) is 0 Å². The van der Waals surface area contributed by atoms with Gasteiger partial charge in [-0.1, -0.05) is 48.2 Å². The van der Waals surface area contributed by atoms with Crippen molar-refractivity contribution in [1.29, 1.82) is 0 Å². The van der Waals surface area contributed by atoms with E-state index in [9.17, 15) is 0 Å². The summed E-state index contributed by atoms with van der Waals surface area (Å²) in [6, 6.07) is 20.0. The van der Waals surface area contributed by atoms with Gasteiger partial charge in [-0.15, -0.1) is 0 Å². The number of hydrogen-bond donors (Lipinski definition) is 0. The van der Waals surface area contributed by atoms with Crippen LogP contribution in [0, 0.1) is 11.8 Å². The van der Waals surface area contributed by atoms with Crippen LogP contribution in [0.5, 0.6) is 0 Å². The summed E-state index contributed by atoms with van der Waals surface area (Å²) in [6.45, 7) is 0. The third-order valence-electron chi connectivity index (χ3n) is 2.87. The van der Waals surface area contributed by atoms with E-state index in [1.165, 1.54) is 0 Å². The first-order chi connectivity index (χ1) is 9.43. The lowest BCUT2D eigenvalue weighted by molar-refractivity contribution is 0.568. The summed E-state index contributed by atoms with van der Waals surface area (Å²) in [7, 11) is 0. The second-order valence-electron chi connectivity index (χ2n) is 4.17. The minimum Gasteiger partial charge on any atom is -0.472 e. The Morgan fingerprint density at radius 2 is 1.53 bits per heavy atom. The van der Waals surface area contributed by atoms with Gasteiger partial charge in [0.15, 0.2) is 0 Å². The first kappa shape index (κ1) is 11.4. The van der Waals surface area contributed by atoms with Crippen LogP contribution in [-0.4, -0.2) is 0 Å². The molecule has 1 heterocycles. The average molecular weight is 244 g/mol. The van der Waals surface area contributed by atoms with E-state index in [1.54, 1.807) is 12.5 Å². The quantitative estimate of drug-likeness (QED) is 0.580. The van der Waals surface area contributed by atoms with Crippen molar-refractivity contribution in [1.82, 2.24) is 0 Å². The monoisotopic (exact) mass is 244 g/mol. The van der Waals surface area contributed by atoms with Crippen LogP contribution in [0.3, 0.4) is 0 Å². The first-order valence-corrected chi connectivity index (χ1v) is 6.12. The Morgan fingerprint density at radius 1 is 0.737 bits per heavy atom. The number of benzene rings is 2. The summed E-state index contributed by atoms with van der Waals surface area (Å²) < 4.78 is 5.14. The number of rotatable bonds is 1. The molecule has 1 heteroatoms. The van der Waals surface area contributed by atoms with Crippen molar-refractivity contribution in [2.45, 2.75) is 0 Å². The molecule has 0 saturated heterocycles. The maximum Gasteiger partial charge on any atom is 0.0981 e. The molecule has 0 aliphatic carbocycles. The maximum atomic E-state index is 5.14. The summed E-state index contributed by atoms with van der Waals surface area (Å²) in [5, 5.41) is 0. The Hall–Kier alpha value is -2.72. The van der Waals surface area contributed by atoms with Gasteiger partial charge in [0.05, 0.1) is 12.5 Å².